The van der Waals surface area contributed by atoms with Crippen molar-refractivity contribution in [2.45, 2.75) is 19.1 Å². The number of benzene rings is 2. The molecule has 4 nitrogen and oxygen atoms in total. The molecular formula is C20H20Cl2FNO3. The molecule has 1 aliphatic rings. The zero-order valence-electron chi connectivity index (χ0n) is 14.7. The minimum atomic E-state index is -0.341. The van der Waals surface area contributed by atoms with Crippen molar-refractivity contribution in [3.8, 4) is 0 Å². The van der Waals surface area contributed by atoms with Crippen molar-refractivity contribution in [1.29, 1.82) is 0 Å². The van der Waals surface area contributed by atoms with Crippen molar-refractivity contribution in [3.63, 3.8) is 0 Å². The Hall–Kier alpha value is -1.66. The lowest BCUT2D eigenvalue weighted by molar-refractivity contribution is -0.140. The number of hydrogen-bond acceptors (Lipinski definition) is 3. The molecule has 0 spiro atoms. The van der Waals surface area contributed by atoms with E-state index in [0.29, 0.717) is 41.9 Å². The lowest BCUT2D eigenvalue weighted by atomic mass is 10.1. The van der Waals surface area contributed by atoms with Crippen LogP contribution in [0.3, 0.4) is 0 Å². The zero-order chi connectivity index (χ0) is 19.2. The van der Waals surface area contributed by atoms with Gasteiger partial charge in [0.1, 0.15) is 5.82 Å². The molecule has 0 radical (unpaired) electrons. The summed E-state index contributed by atoms with van der Waals surface area (Å²) in [5.41, 5.74) is 1.39. The molecule has 1 unspecified atom stereocenters. The Morgan fingerprint density at radius 1 is 1.22 bits per heavy atom. The number of morpholine rings is 1. The first-order valence-corrected chi connectivity index (χ1v) is 9.43. The lowest BCUT2D eigenvalue weighted by Crippen LogP contribution is -2.47. The van der Waals surface area contributed by atoms with Gasteiger partial charge in [0, 0.05) is 28.7 Å². The predicted molar refractivity (Wildman–Crippen MR) is 103 cm³/mol. The highest BCUT2D eigenvalue weighted by atomic mass is 35.5. The van der Waals surface area contributed by atoms with Gasteiger partial charge in [-0.2, -0.15) is 0 Å². The average Bonchev–Trinajstić information content (AvgIpc) is 2.64. The third-order valence-corrected chi connectivity index (χ3v) is 5.06. The van der Waals surface area contributed by atoms with Crippen LogP contribution in [0.15, 0.2) is 42.5 Å². The van der Waals surface area contributed by atoms with E-state index in [1.807, 2.05) is 0 Å². The van der Waals surface area contributed by atoms with E-state index in [1.165, 1.54) is 12.1 Å². The van der Waals surface area contributed by atoms with Gasteiger partial charge in [-0.25, -0.2) is 4.39 Å². The van der Waals surface area contributed by atoms with Crippen LogP contribution in [-0.4, -0.2) is 43.2 Å². The summed E-state index contributed by atoms with van der Waals surface area (Å²) in [7, 11) is 0. The molecule has 27 heavy (non-hydrogen) atoms. The van der Waals surface area contributed by atoms with Crippen LogP contribution in [-0.2, 0) is 27.3 Å². The van der Waals surface area contributed by atoms with Gasteiger partial charge in [0.25, 0.3) is 0 Å². The van der Waals surface area contributed by atoms with Crippen LogP contribution in [0.2, 0.25) is 10.0 Å². The Bertz CT molecular complexity index is 782. The highest BCUT2D eigenvalue weighted by Crippen LogP contribution is 2.25. The van der Waals surface area contributed by atoms with E-state index in [0.717, 1.165) is 5.56 Å². The molecule has 0 aliphatic carbocycles. The molecule has 2 aromatic carbocycles. The van der Waals surface area contributed by atoms with Gasteiger partial charge in [-0.05, 0) is 29.8 Å². The maximum Gasteiger partial charge on any atom is 0.227 e. The van der Waals surface area contributed by atoms with E-state index < -0.39 is 0 Å². The smallest absolute Gasteiger partial charge is 0.227 e. The summed E-state index contributed by atoms with van der Waals surface area (Å²) in [4.78, 5) is 14.2. The molecular weight excluding hydrogens is 392 g/mol. The number of ether oxygens (including phenoxy) is 2. The molecule has 1 atom stereocenters. The zero-order valence-corrected chi connectivity index (χ0v) is 16.2. The highest BCUT2D eigenvalue weighted by Gasteiger charge is 2.24. The summed E-state index contributed by atoms with van der Waals surface area (Å²) in [5.74, 6) is -0.394. The summed E-state index contributed by atoms with van der Waals surface area (Å²) in [6, 6.07) is 11.4. The fourth-order valence-corrected chi connectivity index (χ4v) is 3.45. The monoisotopic (exact) mass is 411 g/mol. The van der Waals surface area contributed by atoms with E-state index in [4.69, 9.17) is 32.7 Å². The summed E-state index contributed by atoms with van der Waals surface area (Å²) >= 11 is 12.3. The van der Waals surface area contributed by atoms with Gasteiger partial charge in [0.05, 0.1) is 32.3 Å². The molecule has 0 saturated carbocycles. The first-order valence-electron chi connectivity index (χ1n) is 8.67. The molecule has 144 valence electrons. The van der Waals surface area contributed by atoms with Gasteiger partial charge in [0.2, 0.25) is 5.91 Å². The molecule has 1 heterocycles. The molecule has 3 rings (SSSR count). The largest absolute Gasteiger partial charge is 0.374 e. The molecule has 1 amide bonds. The van der Waals surface area contributed by atoms with Gasteiger partial charge in [-0.1, -0.05) is 41.4 Å². The number of hydrogen-bond donors (Lipinski definition) is 0. The van der Waals surface area contributed by atoms with Crippen LogP contribution in [0, 0.1) is 5.82 Å². The number of halogens is 3. The van der Waals surface area contributed by atoms with Crippen molar-refractivity contribution in [1.82, 2.24) is 4.90 Å². The molecule has 7 heteroatoms. The van der Waals surface area contributed by atoms with Gasteiger partial charge < -0.3 is 14.4 Å². The van der Waals surface area contributed by atoms with Crippen LogP contribution in [0.5, 0.6) is 0 Å². The van der Waals surface area contributed by atoms with Gasteiger partial charge in [-0.15, -0.1) is 0 Å². The van der Waals surface area contributed by atoms with Gasteiger partial charge >= 0.3 is 0 Å². The minimum Gasteiger partial charge on any atom is -0.374 e. The van der Waals surface area contributed by atoms with Gasteiger partial charge in [0.15, 0.2) is 0 Å². The first-order chi connectivity index (χ1) is 13.0. The lowest BCUT2D eigenvalue weighted by Gasteiger charge is -2.33. The van der Waals surface area contributed by atoms with Crippen LogP contribution < -0.4 is 0 Å². The molecule has 0 aromatic heterocycles. The number of rotatable bonds is 6. The topological polar surface area (TPSA) is 38.8 Å². The maximum atomic E-state index is 13.3. The normalized spacial score (nSPS) is 17.1. The highest BCUT2D eigenvalue weighted by molar-refractivity contribution is 6.35. The Morgan fingerprint density at radius 3 is 2.70 bits per heavy atom. The quantitative estimate of drug-likeness (QED) is 0.717. The maximum absolute atomic E-state index is 13.3. The van der Waals surface area contributed by atoms with E-state index in [1.54, 1.807) is 35.2 Å². The second-order valence-corrected chi connectivity index (χ2v) is 7.17. The Morgan fingerprint density at radius 2 is 1.96 bits per heavy atom. The van der Waals surface area contributed by atoms with Crippen molar-refractivity contribution in [2.75, 3.05) is 26.3 Å². The summed E-state index contributed by atoms with van der Waals surface area (Å²) in [6.07, 6.45) is -0.0583. The van der Waals surface area contributed by atoms with Crippen molar-refractivity contribution in [2.24, 2.45) is 0 Å². The van der Waals surface area contributed by atoms with Crippen molar-refractivity contribution < 1.29 is 18.7 Å². The number of amides is 1. The first kappa shape index (κ1) is 20.1. The third-order valence-electron chi connectivity index (χ3n) is 4.35. The van der Waals surface area contributed by atoms with E-state index in [9.17, 15) is 9.18 Å². The standard InChI is InChI=1S/C20H20Cl2FNO3/c21-18-5-2-6-19(22)17(18)13-26-12-16-11-24(7-8-27-16)20(25)10-14-3-1-4-15(23)9-14/h1-6,9,16H,7-8,10-13H2. The molecule has 2 aromatic rings. The van der Waals surface area contributed by atoms with E-state index in [-0.39, 0.29) is 30.9 Å². The van der Waals surface area contributed by atoms with E-state index in [2.05, 4.69) is 0 Å². The van der Waals surface area contributed by atoms with Crippen LogP contribution in [0.1, 0.15) is 11.1 Å². The SMILES string of the molecule is O=C(Cc1cccc(F)c1)N1CCOC(COCc2c(Cl)cccc2Cl)C1. The fraction of sp³-hybridized carbons (Fsp3) is 0.350. The van der Waals surface area contributed by atoms with Crippen LogP contribution in [0.25, 0.3) is 0 Å². The van der Waals surface area contributed by atoms with Crippen LogP contribution in [0.4, 0.5) is 4.39 Å². The third kappa shape index (κ3) is 5.66. The molecule has 0 bridgehead atoms. The molecule has 1 aliphatic heterocycles. The molecule has 1 saturated heterocycles. The fourth-order valence-electron chi connectivity index (χ4n) is 2.94. The number of nitrogens with zero attached hydrogens (tertiary/aromatic N) is 1. The van der Waals surface area contributed by atoms with Crippen molar-refractivity contribution in [3.05, 3.63) is 69.5 Å². The minimum absolute atomic E-state index is 0.0527. The second kappa shape index (κ2) is 9.51. The molecule has 0 N–H and O–H groups in total. The Kier molecular flexibility index (Phi) is 7.07. The summed E-state index contributed by atoms with van der Waals surface area (Å²) in [5, 5.41) is 1.11. The Labute approximate surface area is 167 Å². The number of carbonyl (C=O) groups is 1. The Balaban J connectivity index is 1.49. The molecule has 1 fully saturated rings. The number of carbonyl (C=O) groups excluding carboxylic acids is 1. The average molecular weight is 412 g/mol. The van der Waals surface area contributed by atoms with Crippen molar-refractivity contribution >= 4 is 29.1 Å². The second-order valence-electron chi connectivity index (χ2n) is 6.35. The van der Waals surface area contributed by atoms with E-state index >= 15 is 0 Å². The predicted octanol–water partition coefficient (Wildman–Crippen LogP) is 4.12. The summed E-state index contributed by atoms with van der Waals surface area (Å²) < 4.78 is 24.7. The van der Waals surface area contributed by atoms with Crippen LogP contribution >= 0.6 is 23.2 Å². The van der Waals surface area contributed by atoms with Gasteiger partial charge in [-0.3, -0.25) is 4.79 Å². The summed E-state index contributed by atoms with van der Waals surface area (Å²) in [6.45, 7) is 1.99.